The summed E-state index contributed by atoms with van der Waals surface area (Å²) >= 11 is 1.30. The average Bonchev–Trinajstić information content (AvgIpc) is 3.50. The molecule has 9 nitrogen and oxygen atoms in total. The maximum atomic E-state index is 14.3. The normalized spacial score (nSPS) is 14.6. The standard InChI is InChI=1S/C35H38N4O5S/c1-8-37(9-2)33(41)30-22(5)36-35-39(31(30)27-13-11-12-14-28(27)43-7)32(40)29(45-35)20-25-19-21(4)38(23(25)6)26-17-15-24(16-18-26)34(42)44-10-3/h11-20,31H,8-10H2,1-7H3/b29-20+/t31-/m1/s1. The van der Waals surface area contributed by atoms with E-state index in [0.717, 1.165) is 28.2 Å². The van der Waals surface area contributed by atoms with Gasteiger partial charge in [0.05, 0.1) is 35.1 Å². The van der Waals surface area contributed by atoms with Gasteiger partial charge in [-0.25, -0.2) is 9.79 Å². The molecular formula is C35H38N4O5S. The molecule has 0 aliphatic carbocycles. The zero-order valence-corrected chi connectivity index (χ0v) is 27.5. The minimum Gasteiger partial charge on any atom is -0.496 e. The minimum absolute atomic E-state index is 0.149. The molecule has 4 aromatic rings. The summed E-state index contributed by atoms with van der Waals surface area (Å²) in [4.78, 5) is 47.4. The van der Waals surface area contributed by atoms with Gasteiger partial charge in [0.1, 0.15) is 11.8 Å². The molecule has 3 heterocycles. The number of benzene rings is 2. The second-order valence-corrected chi connectivity index (χ2v) is 11.7. The second kappa shape index (κ2) is 13.1. The topological polar surface area (TPSA) is 95.1 Å². The number of para-hydroxylation sites is 1. The summed E-state index contributed by atoms with van der Waals surface area (Å²) in [7, 11) is 1.59. The Morgan fingerprint density at radius 2 is 1.71 bits per heavy atom. The van der Waals surface area contributed by atoms with Crippen molar-refractivity contribution in [2.24, 2.45) is 4.99 Å². The molecule has 0 saturated carbocycles. The number of carbonyl (C=O) groups excluding carboxylic acids is 2. The zero-order chi connectivity index (χ0) is 32.4. The van der Waals surface area contributed by atoms with Crippen molar-refractivity contribution in [1.29, 1.82) is 0 Å². The number of nitrogens with zero attached hydrogens (tertiary/aromatic N) is 4. The number of ether oxygens (including phenoxy) is 2. The Morgan fingerprint density at radius 3 is 2.36 bits per heavy atom. The molecule has 0 saturated heterocycles. The molecule has 0 radical (unpaired) electrons. The van der Waals surface area contributed by atoms with E-state index in [1.807, 2.05) is 83.2 Å². The number of amides is 1. The number of esters is 1. The molecular weight excluding hydrogens is 588 g/mol. The summed E-state index contributed by atoms with van der Waals surface area (Å²) in [6, 6.07) is 16.1. The molecule has 0 fully saturated rings. The summed E-state index contributed by atoms with van der Waals surface area (Å²) in [5.41, 5.74) is 5.73. The molecule has 0 unspecified atom stereocenters. The van der Waals surface area contributed by atoms with E-state index in [9.17, 15) is 14.4 Å². The van der Waals surface area contributed by atoms with Crippen LogP contribution in [0.5, 0.6) is 5.75 Å². The number of hydrogen-bond donors (Lipinski definition) is 0. The van der Waals surface area contributed by atoms with Gasteiger partial charge in [0.2, 0.25) is 0 Å². The van der Waals surface area contributed by atoms with Gasteiger partial charge < -0.3 is 18.9 Å². The molecule has 0 N–H and O–H groups in total. The number of methoxy groups -OCH3 is 1. The lowest BCUT2D eigenvalue weighted by molar-refractivity contribution is -0.127. The first-order valence-corrected chi connectivity index (χ1v) is 15.9. The third-order valence-corrected chi connectivity index (χ3v) is 9.11. The second-order valence-electron chi connectivity index (χ2n) is 10.7. The van der Waals surface area contributed by atoms with Crippen molar-refractivity contribution in [3.63, 3.8) is 0 Å². The lowest BCUT2D eigenvalue weighted by Gasteiger charge is -2.29. The predicted octanol–water partition coefficient (Wildman–Crippen LogP) is 4.70. The summed E-state index contributed by atoms with van der Waals surface area (Å²) < 4.78 is 15.1. The minimum atomic E-state index is -0.696. The molecule has 5 rings (SSSR count). The highest BCUT2D eigenvalue weighted by molar-refractivity contribution is 7.07. The van der Waals surface area contributed by atoms with Crippen molar-refractivity contribution in [1.82, 2.24) is 14.0 Å². The Hall–Kier alpha value is -4.70. The molecule has 1 amide bonds. The van der Waals surface area contributed by atoms with Crippen molar-refractivity contribution >= 4 is 29.3 Å². The number of hydrogen-bond acceptors (Lipinski definition) is 7. The van der Waals surface area contributed by atoms with Crippen LogP contribution in [-0.4, -0.2) is 52.7 Å². The fourth-order valence-corrected chi connectivity index (χ4v) is 6.93. The summed E-state index contributed by atoms with van der Waals surface area (Å²) in [5.74, 6) is 0.0859. The fourth-order valence-electron chi connectivity index (χ4n) is 5.90. The van der Waals surface area contributed by atoms with Gasteiger partial charge in [0.15, 0.2) is 4.80 Å². The van der Waals surface area contributed by atoms with Crippen LogP contribution in [0.25, 0.3) is 11.8 Å². The van der Waals surface area contributed by atoms with Gasteiger partial charge in [-0.3, -0.25) is 14.2 Å². The molecule has 10 heteroatoms. The molecule has 2 aromatic heterocycles. The van der Waals surface area contributed by atoms with E-state index in [1.54, 1.807) is 35.6 Å². The van der Waals surface area contributed by atoms with Gasteiger partial charge in [-0.15, -0.1) is 0 Å². The largest absolute Gasteiger partial charge is 0.496 e. The van der Waals surface area contributed by atoms with Crippen LogP contribution >= 0.6 is 11.3 Å². The predicted molar refractivity (Wildman–Crippen MR) is 176 cm³/mol. The number of fused-ring (bicyclic) bond motifs is 1. The van der Waals surface area contributed by atoms with E-state index in [0.29, 0.717) is 51.6 Å². The number of thiazole rings is 1. The zero-order valence-electron chi connectivity index (χ0n) is 26.7. The van der Waals surface area contributed by atoms with Crippen LogP contribution in [-0.2, 0) is 9.53 Å². The van der Waals surface area contributed by atoms with Gasteiger partial charge in [-0.2, -0.15) is 0 Å². The average molecular weight is 627 g/mol. The Labute approximate surface area is 266 Å². The molecule has 234 valence electrons. The van der Waals surface area contributed by atoms with E-state index in [2.05, 4.69) is 4.57 Å². The van der Waals surface area contributed by atoms with Gasteiger partial charge in [0.25, 0.3) is 11.5 Å². The van der Waals surface area contributed by atoms with E-state index < -0.39 is 6.04 Å². The lowest BCUT2D eigenvalue weighted by Crippen LogP contribution is -2.43. The number of aromatic nitrogens is 2. The Bertz CT molecular complexity index is 1980. The summed E-state index contributed by atoms with van der Waals surface area (Å²) in [6.45, 7) is 12.9. The van der Waals surface area contributed by atoms with Crippen LogP contribution in [0.3, 0.4) is 0 Å². The van der Waals surface area contributed by atoms with Gasteiger partial charge >= 0.3 is 5.97 Å². The van der Waals surface area contributed by atoms with Crippen LogP contribution < -0.4 is 19.6 Å². The van der Waals surface area contributed by atoms with E-state index in [-0.39, 0.29) is 17.4 Å². The summed E-state index contributed by atoms with van der Waals surface area (Å²) in [5, 5.41) is 0. The highest BCUT2D eigenvalue weighted by Gasteiger charge is 2.35. The molecule has 1 aliphatic rings. The molecule has 0 spiro atoms. The van der Waals surface area contributed by atoms with E-state index in [1.165, 1.54) is 11.3 Å². The highest BCUT2D eigenvalue weighted by Crippen LogP contribution is 2.36. The third-order valence-electron chi connectivity index (χ3n) is 8.13. The van der Waals surface area contributed by atoms with Crippen molar-refractivity contribution in [2.45, 2.75) is 47.6 Å². The van der Waals surface area contributed by atoms with Crippen LogP contribution in [0.1, 0.15) is 66.6 Å². The van der Waals surface area contributed by atoms with Crippen LogP contribution in [0.15, 0.2) is 75.7 Å². The first-order chi connectivity index (χ1) is 21.6. The number of allylic oxidation sites excluding steroid dienone is 1. The van der Waals surface area contributed by atoms with E-state index >= 15 is 0 Å². The van der Waals surface area contributed by atoms with Crippen molar-refractivity contribution < 1.29 is 19.1 Å². The summed E-state index contributed by atoms with van der Waals surface area (Å²) in [6.07, 6.45) is 1.89. The number of rotatable bonds is 9. The smallest absolute Gasteiger partial charge is 0.338 e. The number of carbonyl (C=O) groups is 2. The van der Waals surface area contributed by atoms with Crippen LogP contribution in [0, 0.1) is 13.8 Å². The molecule has 2 aromatic carbocycles. The quantitative estimate of drug-likeness (QED) is 0.251. The van der Waals surface area contributed by atoms with Crippen molar-refractivity contribution in [3.8, 4) is 11.4 Å². The Kier molecular flexibility index (Phi) is 9.24. The van der Waals surface area contributed by atoms with Gasteiger partial charge in [-0.1, -0.05) is 29.5 Å². The first-order valence-electron chi connectivity index (χ1n) is 15.1. The third kappa shape index (κ3) is 5.78. The Balaban J connectivity index is 1.65. The molecule has 1 atom stereocenters. The maximum absolute atomic E-state index is 14.3. The SMILES string of the molecule is CCOC(=O)c1ccc(-n2c(C)cc(/C=c3/sc4n(c3=O)[C@H](c3ccccc3OC)C(C(=O)N(CC)CC)=C(C)N=4)c2C)cc1. The maximum Gasteiger partial charge on any atom is 0.338 e. The van der Waals surface area contributed by atoms with Gasteiger partial charge in [0, 0.05) is 35.7 Å². The monoisotopic (exact) mass is 626 g/mol. The van der Waals surface area contributed by atoms with E-state index in [4.69, 9.17) is 14.5 Å². The van der Waals surface area contributed by atoms with Crippen molar-refractivity contribution in [3.05, 3.63) is 114 Å². The van der Waals surface area contributed by atoms with Crippen molar-refractivity contribution in [2.75, 3.05) is 26.8 Å². The lowest BCUT2D eigenvalue weighted by atomic mass is 9.94. The number of aryl methyl sites for hydroxylation is 1. The van der Waals surface area contributed by atoms with Crippen LogP contribution in [0.4, 0.5) is 0 Å². The highest BCUT2D eigenvalue weighted by atomic mass is 32.1. The molecule has 0 bridgehead atoms. The Morgan fingerprint density at radius 1 is 1.02 bits per heavy atom. The van der Waals surface area contributed by atoms with Crippen LogP contribution in [0.2, 0.25) is 0 Å². The fraction of sp³-hybridized carbons (Fsp3) is 0.314. The van der Waals surface area contributed by atoms with Gasteiger partial charge in [-0.05, 0) is 89.6 Å². The number of likely N-dealkylation sites (N-methyl/N-ethyl adjacent to an activating group) is 1. The first kappa shape index (κ1) is 31.7. The molecule has 1 aliphatic heterocycles. The molecule has 45 heavy (non-hydrogen) atoms.